The Morgan fingerprint density at radius 2 is 1.37 bits per heavy atom. The maximum Gasteiger partial charge on any atom is 0.262 e. The first-order valence-corrected chi connectivity index (χ1v) is 14.3. The first kappa shape index (κ1) is 28.2. The number of ether oxygens (including phenoxy) is 7. The van der Waals surface area contributed by atoms with Crippen molar-refractivity contribution in [3.8, 4) is 11.5 Å². The number of nitrogens with zero attached hydrogens (tertiary/aromatic N) is 2. The molecule has 228 valence electrons. The Kier molecular flexibility index (Phi) is 6.39. The van der Waals surface area contributed by atoms with E-state index in [2.05, 4.69) is 0 Å². The van der Waals surface area contributed by atoms with Crippen LogP contribution in [0.3, 0.4) is 0 Å². The number of benzene rings is 2. The number of hydrogen-bond donors (Lipinski definition) is 0. The second-order valence-corrected chi connectivity index (χ2v) is 12.2. The minimum absolute atomic E-state index is 0.120. The summed E-state index contributed by atoms with van der Waals surface area (Å²) in [7, 11) is 3.09. The Hall–Kier alpha value is -3.55. The van der Waals surface area contributed by atoms with Crippen molar-refractivity contribution < 1.29 is 47.5 Å². The van der Waals surface area contributed by atoms with Crippen molar-refractivity contribution in [3.63, 3.8) is 0 Å². The van der Waals surface area contributed by atoms with Crippen LogP contribution in [-0.2, 0) is 35.0 Å². The summed E-state index contributed by atoms with van der Waals surface area (Å²) < 4.78 is 42.5. The zero-order valence-corrected chi connectivity index (χ0v) is 24.8. The predicted octanol–water partition coefficient (Wildman–Crippen LogP) is 2.48. The summed E-state index contributed by atoms with van der Waals surface area (Å²) >= 11 is 0. The number of likely N-dealkylation sites (tertiary alicyclic amines) is 1. The Morgan fingerprint density at radius 1 is 0.767 bits per heavy atom. The summed E-state index contributed by atoms with van der Waals surface area (Å²) in [5, 5.41) is 0. The number of imide groups is 1. The summed E-state index contributed by atoms with van der Waals surface area (Å²) in [6.07, 6.45) is -3.51. The molecule has 7 atom stereocenters. The first-order chi connectivity index (χ1) is 20.4. The standard InChI is InChI=1S/C31H34N2O10/c1-30(2)40-23-22(39-29-25(24(23)41-30)42-31(3,4)43-29)20-21(33-26(34)17-9-7-8-10-18(17)27(33)35)28(36)32(20)14-15-11-12-16(37-5)13-19(15)38-6/h7-13,20-25,29H,14H2,1-6H3/t20-,21-,22?,23?,24?,25-,29-/m1/s1. The number of carbonyl (C=O) groups excluding carboxylic acids is 3. The second-order valence-electron chi connectivity index (χ2n) is 12.2. The number of rotatable bonds is 6. The molecular weight excluding hydrogens is 560 g/mol. The summed E-state index contributed by atoms with van der Waals surface area (Å²) in [6.45, 7) is 7.29. The van der Waals surface area contributed by atoms with Crippen molar-refractivity contribution in [2.75, 3.05) is 14.2 Å². The molecule has 2 aromatic carbocycles. The molecule has 0 bridgehead atoms. The van der Waals surface area contributed by atoms with E-state index in [9.17, 15) is 14.4 Å². The zero-order valence-electron chi connectivity index (χ0n) is 24.8. The summed E-state index contributed by atoms with van der Waals surface area (Å²) in [6, 6.07) is 9.95. The van der Waals surface area contributed by atoms with Crippen LogP contribution in [0.2, 0.25) is 0 Å². The van der Waals surface area contributed by atoms with Crippen LogP contribution < -0.4 is 9.47 Å². The monoisotopic (exact) mass is 594 g/mol. The fourth-order valence-electron chi connectivity index (χ4n) is 6.90. The average molecular weight is 595 g/mol. The van der Waals surface area contributed by atoms with Crippen LogP contribution >= 0.6 is 0 Å². The summed E-state index contributed by atoms with van der Waals surface area (Å²) in [5.74, 6) is -2.26. The van der Waals surface area contributed by atoms with Crippen molar-refractivity contribution in [1.82, 2.24) is 9.80 Å². The van der Waals surface area contributed by atoms with Crippen LogP contribution in [-0.4, -0.2) is 96.1 Å². The maximum absolute atomic E-state index is 14.1. The zero-order chi connectivity index (χ0) is 30.4. The van der Waals surface area contributed by atoms with Crippen LogP contribution in [0.25, 0.3) is 0 Å². The van der Waals surface area contributed by atoms with Crippen molar-refractivity contribution in [2.24, 2.45) is 0 Å². The highest BCUT2D eigenvalue weighted by atomic mass is 16.9. The highest BCUT2D eigenvalue weighted by Gasteiger charge is 2.67. The van der Waals surface area contributed by atoms with Gasteiger partial charge in [-0.2, -0.15) is 0 Å². The Labute approximate surface area is 248 Å². The fraction of sp³-hybridized carbons (Fsp3) is 0.516. The normalized spacial score (nSPS) is 33.6. The van der Waals surface area contributed by atoms with Crippen molar-refractivity contribution in [1.29, 1.82) is 0 Å². The molecule has 43 heavy (non-hydrogen) atoms. The largest absolute Gasteiger partial charge is 0.497 e. The smallest absolute Gasteiger partial charge is 0.262 e. The third kappa shape index (κ3) is 4.34. The van der Waals surface area contributed by atoms with Gasteiger partial charge in [0.15, 0.2) is 17.9 Å². The van der Waals surface area contributed by atoms with Gasteiger partial charge in [-0.1, -0.05) is 12.1 Å². The van der Waals surface area contributed by atoms with E-state index in [1.54, 1.807) is 76.1 Å². The lowest BCUT2D eigenvalue weighted by Crippen LogP contribution is -2.78. The van der Waals surface area contributed by atoms with Gasteiger partial charge in [-0.15, -0.1) is 0 Å². The third-order valence-corrected chi connectivity index (χ3v) is 8.69. The minimum atomic E-state index is -1.14. The van der Waals surface area contributed by atoms with Crippen LogP contribution in [0.4, 0.5) is 0 Å². The second kappa shape index (κ2) is 9.73. The number of fused-ring (bicyclic) bond motifs is 4. The molecule has 0 aromatic heterocycles. The molecule has 5 heterocycles. The molecule has 0 radical (unpaired) electrons. The van der Waals surface area contributed by atoms with Gasteiger partial charge in [0.25, 0.3) is 11.8 Å². The summed E-state index contributed by atoms with van der Waals surface area (Å²) in [4.78, 5) is 43.9. The van der Waals surface area contributed by atoms with E-state index in [-0.39, 0.29) is 17.7 Å². The van der Waals surface area contributed by atoms with E-state index < -0.39 is 72.1 Å². The van der Waals surface area contributed by atoms with E-state index in [0.717, 1.165) is 4.90 Å². The van der Waals surface area contributed by atoms with Gasteiger partial charge in [0.2, 0.25) is 5.91 Å². The van der Waals surface area contributed by atoms with Gasteiger partial charge in [-0.3, -0.25) is 19.3 Å². The van der Waals surface area contributed by atoms with Gasteiger partial charge in [0, 0.05) is 18.2 Å². The van der Waals surface area contributed by atoms with Crippen LogP contribution in [0, 0.1) is 0 Å². The van der Waals surface area contributed by atoms with Gasteiger partial charge in [-0.05, 0) is 52.0 Å². The molecule has 2 aromatic rings. The molecule has 12 heteroatoms. The van der Waals surface area contributed by atoms with Gasteiger partial charge >= 0.3 is 0 Å². The lowest BCUT2D eigenvalue weighted by molar-refractivity contribution is -0.257. The molecule has 7 rings (SSSR count). The van der Waals surface area contributed by atoms with Crippen molar-refractivity contribution >= 4 is 17.7 Å². The Morgan fingerprint density at radius 3 is 2.00 bits per heavy atom. The van der Waals surface area contributed by atoms with Gasteiger partial charge in [0.05, 0.1) is 31.4 Å². The van der Waals surface area contributed by atoms with Crippen molar-refractivity contribution in [2.45, 2.75) is 88.6 Å². The lowest BCUT2D eigenvalue weighted by Gasteiger charge is -2.55. The molecule has 12 nitrogen and oxygen atoms in total. The Balaban J connectivity index is 1.29. The maximum atomic E-state index is 14.1. The van der Waals surface area contributed by atoms with Gasteiger partial charge < -0.3 is 38.1 Å². The van der Waals surface area contributed by atoms with E-state index in [4.69, 9.17) is 33.2 Å². The molecule has 0 spiro atoms. The minimum Gasteiger partial charge on any atom is -0.497 e. The lowest BCUT2D eigenvalue weighted by atomic mass is 9.82. The van der Waals surface area contributed by atoms with Crippen molar-refractivity contribution in [3.05, 3.63) is 59.2 Å². The molecule has 3 amide bonds. The molecule has 0 saturated carbocycles. The molecule has 5 aliphatic rings. The van der Waals surface area contributed by atoms with E-state index >= 15 is 0 Å². The highest BCUT2D eigenvalue weighted by Crippen LogP contribution is 2.48. The number of β-lactam (4-membered cyclic amide) rings is 1. The highest BCUT2D eigenvalue weighted by molar-refractivity contribution is 6.23. The molecular formula is C31H34N2O10. The molecule has 5 aliphatic heterocycles. The van der Waals surface area contributed by atoms with E-state index in [1.165, 1.54) is 7.11 Å². The number of amides is 3. The van der Waals surface area contributed by atoms with E-state index in [0.29, 0.717) is 17.1 Å². The molecule has 0 N–H and O–H groups in total. The number of hydrogen-bond acceptors (Lipinski definition) is 10. The van der Waals surface area contributed by atoms with E-state index in [1.807, 2.05) is 6.07 Å². The quantitative estimate of drug-likeness (QED) is 0.364. The number of carbonyl (C=O) groups is 3. The average Bonchev–Trinajstić information content (AvgIpc) is 3.56. The Bertz CT molecular complexity index is 1470. The number of methoxy groups -OCH3 is 2. The summed E-state index contributed by atoms with van der Waals surface area (Å²) in [5.41, 5.74) is 1.22. The molecule has 4 saturated heterocycles. The SMILES string of the molecule is COc1ccc(CN2C(=O)[C@H](N3C(=O)c4ccccc4C3=O)[C@@H]2C2O[C@@H]3OC(C)(C)O[C@@H]3C3OC(C)(C)OC32)c(OC)c1. The van der Waals surface area contributed by atoms with Crippen LogP contribution in [0.15, 0.2) is 42.5 Å². The fourth-order valence-corrected chi connectivity index (χ4v) is 6.90. The first-order valence-electron chi connectivity index (χ1n) is 14.3. The third-order valence-electron chi connectivity index (χ3n) is 8.69. The predicted molar refractivity (Wildman–Crippen MR) is 147 cm³/mol. The topological polar surface area (TPSA) is 122 Å². The molecule has 3 unspecified atom stereocenters. The van der Waals surface area contributed by atoms with Crippen LogP contribution in [0.1, 0.15) is 54.0 Å². The van der Waals surface area contributed by atoms with Gasteiger partial charge in [-0.25, -0.2) is 0 Å². The van der Waals surface area contributed by atoms with Crippen LogP contribution in [0.5, 0.6) is 11.5 Å². The van der Waals surface area contributed by atoms with Gasteiger partial charge in [0.1, 0.15) is 42.0 Å². The molecule has 0 aliphatic carbocycles. The molecule has 4 fully saturated rings.